The number of aromatic nitrogens is 3. The van der Waals surface area contributed by atoms with Crippen LogP contribution in [0.5, 0.6) is 0 Å². The Hall–Kier alpha value is -2.40. The van der Waals surface area contributed by atoms with Gasteiger partial charge >= 0.3 is 0 Å². The van der Waals surface area contributed by atoms with Crippen LogP contribution < -0.4 is 10.2 Å². The molecule has 0 bridgehead atoms. The lowest BCUT2D eigenvalue weighted by molar-refractivity contribution is 0.382. The summed E-state index contributed by atoms with van der Waals surface area (Å²) in [6, 6.07) is 12.6. The van der Waals surface area contributed by atoms with Crippen LogP contribution in [0.2, 0.25) is 0 Å². The Kier molecular flexibility index (Phi) is 3.89. The lowest BCUT2D eigenvalue weighted by Crippen LogP contribution is -2.48. The maximum absolute atomic E-state index is 4.73. The van der Waals surface area contributed by atoms with Gasteiger partial charge in [-0.05, 0) is 50.8 Å². The minimum Gasteiger partial charge on any atom is -0.348 e. The molecule has 3 unspecified atom stereocenters. The molecule has 2 saturated heterocycles. The van der Waals surface area contributed by atoms with Crippen molar-refractivity contribution in [2.75, 3.05) is 11.4 Å². The molecule has 26 heavy (non-hydrogen) atoms. The number of anilines is 1. The highest BCUT2D eigenvalue weighted by Crippen LogP contribution is 2.37. The zero-order chi connectivity index (χ0) is 17.5. The number of benzene rings is 1. The highest BCUT2D eigenvalue weighted by molar-refractivity contribution is 5.87. The van der Waals surface area contributed by atoms with Crippen molar-refractivity contribution in [1.29, 1.82) is 0 Å². The predicted octanol–water partition coefficient (Wildman–Crippen LogP) is 3.21. The van der Waals surface area contributed by atoms with Crippen LogP contribution in [0.3, 0.4) is 0 Å². The van der Waals surface area contributed by atoms with E-state index in [0.29, 0.717) is 18.1 Å². The molecular formula is C21H25N5. The number of nitrogens with one attached hydrogen (secondary N) is 2. The molecule has 0 aliphatic carbocycles. The summed E-state index contributed by atoms with van der Waals surface area (Å²) in [4.78, 5) is 14.9. The lowest BCUT2D eigenvalue weighted by atomic mass is 9.98. The number of rotatable bonds is 3. The van der Waals surface area contributed by atoms with E-state index in [9.17, 15) is 0 Å². The number of nitrogens with zero attached hydrogens (tertiary/aromatic N) is 3. The molecule has 0 saturated carbocycles. The Morgan fingerprint density at radius 3 is 2.92 bits per heavy atom. The molecule has 4 heterocycles. The molecule has 2 fully saturated rings. The van der Waals surface area contributed by atoms with E-state index in [1.54, 1.807) is 6.33 Å². The van der Waals surface area contributed by atoms with Crippen LogP contribution in [0, 0.1) is 6.92 Å². The molecule has 0 radical (unpaired) electrons. The first-order valence-corrected chi connectivity index (χ1v) is 9.65. The van der Waals surface area contributed by atoms with Gasteiger partial charge in [-0.3, -0.25) is 0 Å². The van der Waals surface area contributed by atoms with Crippen LogP contribution >= 0.6 is 0 Å². The second-order valence-electron chi connectivity index (χ2n) is 7.69. The molecule has 0 spiro atoms. The summed E-state index contributed by atoms with van der Waals surface area (Å²) < 4.78 is 0. The molecule has 2 aliphatic heterocycles. The standard InChI is InChI=1S/C21H25N5/c1-14-4-6-15(7-5-14)11-16-12-18-19(3-2-9-22-18)26(16)21-17-8-10-23-20(17)24-13-25-21/h4-8,10,13,16,18-19,22H,2-3,9,11-12H2,1H3,(H,23,24,25). The van der Waals surface area contributed by atoms with E-state index >= 15 is 0 Å². The second-order valence-corrected chi connectivity index (χ2v) is 7.69. The molecule has 2 aromatic heterocycles. The van der Waals surface area contributed by atoms with E-state index in [1.165, 1.54) is 30.4 Å². The first-order chi connectivity index (χ1) is 12.8. The van der Waals surface area contributed by atoms with E-state index in [1.807, 2.05) is 6.20 Å². The van der Waals surface area contributed by atoms with E-state index in [2.05, 4.69) is 57.4 Å². The van der Waals surface area contributed by atoms with E-state index < -0.39 is 0 Å². The molecule has 3 aromatic rings. The first kappa shape index (κ1) is 15.8. The summed E-state index contributed by atoms with van der Waals surface area (Å²) in [6.45, 7) is 3.28. The van der Waals surface area contributed by atoms with Crippen molar-refractivity contribution in [1.82, 2.24) is 20.3 Å². The van der Waals surface area contributed by atoms with Gasteiger partial charge in [0.1, 0.15) is 17.8 Å². The molecule has 5 nitrogen and oxygen atoms in total. The van der Waals surface area contributed by atoms with Crippen LogP contribution in [0.1, 0.15) is 30.4 Å². The highest BCUT2D eigenvalue weighted by atomic mass is 15.3. The summed E-state index contributed by atoms with van der Waals surface area (Å²) in [5.74, 6) is 1.09. The van der Waals surface area contributed by atoms with E-state index in [0.717, 1.165) is 29.8 Å². The normalized spacial score (nSPS) is 25.6. The van der Waals surface area contributed by atoms with Gasteiger partial charge in [-0.15, -0.1) is 0 Å². The van der Waals surface area contributed by atoms with Crippen molar-refractivity contribution in [3.05, 3.63) is 54.0 Å². The zero-order valence-electron chi connectivity index (χ0n) is 15.2. The van der Waals surface area contributed by atoms with Gasteiger partial charge < -0.3 is 15.2 Å². The highest BCUT2D eigenvalue weighted by Gasteiger charge is 2.43. The molecular weight excluding hydrogens is 322 g/mol. The topological polar surface area (TPSA) is 56.8 Å². The molecule has 2 N–H and O–H groups in total. The van der Waals surface area contributed by atoms with Gasteiger partial charge in [-0.1, -0.05) is 29.8 Å². The fourth-order valence-corrected chi connectivity index (χ4v) is 4.76. The van der Waals surface area contributed by atoms with Gasteiger partial charge in [-0.25, -0.2) is 9.97 Å². The fraction of sp³-hybridized carbons (Fsp3) is 0.429. The average molecular weight is 347 g/mol. The van der Waals surface area contributed by atoms with Crippen molar-refractivity contribution in [2.24, 2.45) is 0 Å². The Morgan fingerprint density at radius 2 is 2.04 bits per heavy atom. The monoisotopic (exact) mass is 347 g/mol. The zero-order valence-corrected chi connectivity index (χ0v) is 15.2. The molecule has 3 atom stereocenters. The van der Waals surface area contributed by atoms with Crippen molar-refractivity contribution in [2.45, 2.75) is 50.7 Å². The quantitative estimate of drug-likeness (QED) is 0.764. The number of fused-ring (bicyclic) bond motifs is 2. The molecule has 0 amide bonds. The van der Waals surface area contributed by atoms with Crippen molar-refractivity contribution < 1.29 is 0 Å². The van der Waals surface area contributed by atoms with Gasteiger partial charge in [0.15, 0.2) is 0 Å². The van der Waals surface area contributed by atoms with Gasteiger partial charge in [0.25, 0.3) is 0 Å². The average Bonchev–Trinajstić information content (AvgIpc) is 3.27. The van der Waals surface area contributed by atoms with Crippen molar-refractivity contribution in [3.63, 3.8) is 0 Å². The van der Waals surface area contributed by atoms with Crippen molar-refractivity contribution >= 4 is 16.9 Å². The van der Waals surface area contributed by atoms with Gasteiger partial charge in [0.2, 0.25) is 0 Å². The van der Waals surface area contributed by atoms with Crippen LogP contribution in [0.25, 0.3) is 11.0 Å². The van der Waals surface area contributed by atoms with Crippen molar-refractivity contribution in [3.8, 4) is 0 Å². The Balaban J connectivity index is 1.54. The van der Waals surface area contributed by atoms with E-state index in [4.69, 9.17) is 4.98 Å². The first-order valence-electron chi connectivity index (χ1n) is 9.65. The Bertz CT molecular complexity index is 900. The largest absolute Gasteiger partial charge is 0.348 e. The maximum atomic E-state index is 4.73. The van der Waals surface area contributed by atoms with Crippen LogP contribution in [0.4, 0.5) is 5.82 Å². The van der Waals surface area contributed by atoms with Gasteiger partial charge in [0.05, 0.1) is 5.39 Å². The number of H-pyrrole nitrogens is 1. The molecule has 2 aliphatic rings. The number of piperidine rings is 1. The summed E-state index contributed by atoms with van der Waals surface area (Å²) in [5.41, 5.74) is 3.65. The summed E-state index contributed by atoms with van der Waals surface area (Å²) in [7, 11) is 0. The van der Waals surface area contributed by atoms with Gasteiger partial charge in [-0.2, -0.15) is 0 Å². The molecule has 5 heteroatoms. The third kappa shape index (κ3) is 2.67. The molecule has 1 aromatic carbocycles. The third-order valence-corrected chi connectivity index (χ3v) is 5.99. The summed E-state index contributed by atoms with van der Waals surface area (Å²) >= 11 is 0. The third-order valence-electron chi connectivity index (χ3n) is 5.99. The predicted molar refractivity (Wildman–Crippen MR) is 104 cm³/mol. The maximum Gasteiger partial charge on any atom is 0.142 e. The SMILES string of the molecule is Cc1ccc(CC2CC3NCCCC3N2c2ncnc3[nH]ccc23)cc1. The number of aromatic amines is 1. The lowest BCUT2D eigenvalue weighted by Gasteiger charge is -2.35. The second kappa shape index (κ2) is 6.40. The van der Waals surface area contributed by atoms with E-state index in [-0.39, 0.29) is 0 Å². The Labute approximate surface area is 153 Å². The van der Waals surface area contributed by atoms with Crippen LogP contribution in [0.15, 0.2) is 42.9 Å². The molecule has 134 valence electrons. The summed E-state index contributed by atoms with van der Waals surface area (Å²) in [6.07, 6.45) is 8.36. The fourth-order valence-electron chi connectivity index (χ4n) is 4.76. The number of hydrogen-bond donors (Lipinski definition) is 2. The van der Waals surface area contributed by atoms with Crippen LogP contribution in [-0.4, -0.2) is 39.6 Å². The smallest absolute Gasteiger partial charge is 0.142 e. The minimum atomic E-state index is 0.464. The Morgan fingerprint density at radius 1 is 1.15 bits per heavy atom. The minimum absolute atomic E-state index is 0.464. The number of hydrogen-bond acceptors (Lipinski definition) is 4. The number of aryl methyl sites for hydroxylation is 1. The molecule has 5 rings (SSSR count). The van der Waals surface area contributed by atoms with Crippen LogP contribution in [-0.2, 0) is 6.42 Å². The summed E-state index contributed by atoms with van der Waals surface area (Å²) in [5, 5.41) is 4.89. The van der Waals surface area contributed by atoms with Gasteiger partial charge in [0, 0.05) is 24.3 Å².